The van der Waals surface area contributed by atoms with Crippen LogP contribution in [0.1, 0.15) is 0 Å². The predicted molar refractivity (Wildman–Crippen MR) is 87.6 cm³/mol. The number of methoxy groups -OCH3 is 3. The Morgan fingerprint density at radius 2 is 1.48 bits per heavy atom. The molecule has 0 aliphatic carbocycles. The molecule has 0 bridgehead atoms. The average molecular weight is 312 g/mol. The number of hydrogen-bond acceptors (Lipinski definition) is 5. The third-order valence-corrected chi connectivity index (χ3v) is 3.64. The Morgan fingerprint density at radius 1 is 0.783 bits per heavy atom. The fourth-order valence-corrected chi connectivity index (χ4v) is 2.43. The lowest BCUT2D eigenvalue weighted by Crippen LogP contribution is -2.04. The number of ether oxygens (including phenoxy) is 3. The van der Waals surface area contributed by atoms with Crippen LogP contribution in [0.25, 0.3) is 22.1 Å². The molecule has 0 spiro atoms. The summed E-state index contributed by atoms with van der Waals surface area (Å²) in [5.74, 6) is 1.83. The van der Waals surface area contributed by atoms with E-state index in [4.69, 9.17) is 18.6 Å². The van der Waals surface area contributed by atoms with E-state index in [2.05, 4.69) is 0 Å². The third-order valence-electron chi connectivity index (χ3n) is 3.64. The third kappa shape index (κ3) is 2.73. The summed E-state index contributed by atoms with van der Waals surface area (Å²) in [5.41, 5.74) is 1.13. The molecule has 118 valence electrons. The largest absolute Gasteiger partial charge is 0.497 e. The molecule has 0 amide bonds. The van der Waals surface area contributed by atoms with Crippen LogP contribution in [0.15, 0.2) is 51.7 Å². The molecule has 2 aromatic carbocycles. The SMILES string of the molecule is COc1ccc(-c2cc3ccc(OC)cc3oc2=O)c(OC)c1. The first-order valence-corrected chi connectivity index (χ1v) is 7.00. The highest BCUT2D eigenvalue weighted by Crippen LogP contribution is 2.33. The zero-order chi connectivity index (χ0) is 16.4. The molecule has 23 heavy (non-hydrogen) atoms. The van der Waals surface area contributed by atoms with E-state index in [1.54, 1.807) is 51.7 Å². The van der Waals surface area contributed by atoms with Crippen molar-refractivity contribution in [1.82, 2.24) is 0 Å². The molecule has 0 unspecified atom stereocenters. The topological polar surface area (TPSA) is 57.9 Å². The highest BCUT2D eigenvalue weighted by Gasteiger charge is 2.14. The maximum absolute atomic E-state index is 12.4. The van der Waals surface area contributed by atoms with Crippen molar-refractivity contribution in [2.24, 2.45) is 0 Å². The Bertz CT molecular complexity index is 911. The predicted octanol–water partition coefficient (Wildman–Crippen LogP) is 3.49. The molecule has 1 aromatic heterocycles. The lowest BCUT2D eigenvalue weighted by Gasteiger charge is -2.10. The van der Waals surface area contributed by atoms with Gasteiger partial charge >= 0.3 is 5.63 Å². The Balaban J connectivity index is 2.20. The van der Waals surface area contributed by atoms with Crippen LogP contribution in [-0.2, 0) is 0 Å². The van der Waals surface area contributed by atoms with Gasteiger partial charge < -0.3 is 18.6 Å². The van der Waals surface area contributed by atoms with Gasteiger partial charge in [0.25, 0.3) is 0 Å². The second-order valence-corrected chi connectivity index (χ2v) is 4.92. The van der Waals surface area contributed by atoms with Gasteiger partial charge in [0.1, 0.15) is 22.8 Å². The summed E-state index contributed by atoms with van der Waals surface area (Å²) >= 11 is 0. The van der Waals surface area contributed by atoms with E-state index in [1.165, 1.54) is 0 Å². The first kappa shape index (κ1) is 15.0. The zero-order valence-corrected chi connectivity index (χ0v) is 13.1. The lowest BCUT2D eigenvalue weighted by molar-refractivity contribution is 0.395. The van der Waals surface area contributed by atoms with E-state index < -0.39 is 5.63 Å². The second-order valence-electron chi connectivity index (χ2n) is 4.92. The highest BCUT2D eigenvalue weighted by molar-refractivity contribution is 5.84. The summed E-state index contributed by atoms with van der Waals surface area (Å²) in [4.78, 5) is 12.4. The first-order chi connectivity index (χ1) is 11.2. The highest BCUT2D eigenvalue weighted by atomic mass is 16.5. The van der Waals surface area contributed by atoms with Crippen LogP contribution in [0, 0.1) is 0 Å². The second kappa shape index (κ2) is 6.04. The zero-order valence-electron chi connectivity index (χ0n) is 13.1. The van der Waals surface area contributed by atoms with Crippen LogP contribution in [0.2, 0.25) is 0 Å². The summed E-state index contributed by atoms with van der Waals surface area (Å²) in [7, 11) is 4.69. The smallest absolute Gasteiger partial charge is 0.344 e. The fraction of sp³-hybridized carbons (Fsp3) is 0.167. The molecule has 0 fully saturated rings. The molecule has 0 N–H and O–H groups in total. The normalized spacial score (nSPS) is 10.6. The van der Waals surface area contributed by atoms with Crippen molar-refractivity contribution in [2.75, 3.05) is 21.3 Å². The van der Waals surface area contributed by atoms with Crippen LogP contribution in [0.3, 0.4) is 0 Å². The van der Waals surface area contributed by atoms with Gasteiger partial charge in [-0.25, -0.2) is 4.79 Å². The molecular weight excluding hydrogens is 296 g/mol. The minimum atomic E-state index is -0.436. The quantitative estimate of drug-likeness (QED) is 0.690. The minimum absolute atomic E-state index is 0.433. The van der Waals surface area contributed by atoms with Gasteiger partial charge in [0.2, 0.25) is 0 Å². The van der Waals surface area contributed by atoms with Gasteiger partial charge in [0, 0.05) is 23.1 Å². The van der Waals surface area contributed by atoms with Gasteiger partial charge in [-0.3, -0.25) is 0 Å². The Hall–Kier alpha value is -2.95. The molecule has 5 heteroatoms. The van der Waals surface area contributed by atoms with Crippen molar-refractivity contribution in [3.63, 3.8) is 0 Å². The van der Waals surface area contributed by atoms with Crippen LogP contribution in [0.4, 0.5) is 0 Å². The van der Waals surface area contributed by atoms with Crippen molar-refractivity contribution in [3.8, 4) is 28.4 Å². The van der Waals surface area contributed by atoms with E-state index in [1.807, 2.05) is 12.1 Å². The minimum Gasteiger partial charge on any atom is -0.497 e. The summed E-state index contributed by atoms with van der Waals surface area (Å²) in [5, 5.41) is 0.804. The molecule has 0 saturated carbocycles. The summed E-state index contributed by atoms with van der Waals surface area (Å²) in [6.07, 6.45) is 0. The molecule has 0 radical (unpaired) electrons. The number of benzene rings is 2. The van der Waals surface area contributed by atoms with E-state index in [0.717, 1.165) is 5.39 Å². The molecule has 1 heterocycles. The average Bonchev–Trinajstić information content (AvgIpc) is 2.60. The van der Waals surface area contributed by atoms with Gasteiger partial charge in [-0.05, 0) is 30.3 Å². The summed E-state index contributed by atoms with van der Waals surface area (Å²) in [6.45, 7) is 0. The molecule has 0 aliphatic rings. The van der Waals surface area contributed by atoms with E-state index >= 15 is 0 Å². The monoisotopic (exact) mass is 312 g/mol. The lowest BCUT2D eigenvalue weighted by atomic mass is 10.0. The van der Waals surface area contributed by atoms with E-state index in [9.17, 15) is 4.79 Å². The standard InChI is InChI=1S/C18H16O5/c1-20-12-5-4-11-8-15(18(19)23-16(11)9-12)14-7-6-13(21-2)10-17(14)22-3/h4-10H,1-3H3. The van der Waals surface area contributed by atoms with Crippen molar-refractivity contribution < 1.29 is 18.6 Å². The van der Waals surface area contributed by atoms with Gasteiger partial charge in [-0.2, -0.15) is 0 Å². The Morgan fingerprint density at radius 3 is 2.17 bits per heavy atom. The van der Waals surface area contributed by atoms with Gasteiger partial charge in [0.15, 0.2) is 0 Å². The fourth-order valence-electron chi connectivity index (χ4n) is 2.43. The Labute approximate surface area is 133 Å². The van der Waals surface area contributed by atoms with Gasteiger partial charge in [0.05, 0.1) is 26.9 Å². The maximum Gasteiger partial charge on any atom is 0.344 e. The van der Waals surface area contributed by atoms with E-state index in [0.29, 0.717) is 34.0 Å². The van der Waals surface area contributed by atoms with Crippen molar-refractivity contribution in [1.29, 1.82) is 0 Å². The Kier molecular flexibility index (Phi) is 3.93. The maximum atomic E-state index is 12.4. The molecule has 5 nitrogen and oxygen atoms in total. The van der Waals surface area contributed by atoms with Gasteiger partial charge in [-0.1, -0.05) is 0 Å². The summed E-state index contributed by atoms with van der Waals surface area (Å²) in [6, 6.07) is 12.4. The van der Waals surface area contributed by atoms with Crippen molar-refractivity contribution in [2.45, 2.75) is 0 Å². The van der Waals surface area contributed by atoms with Crippen molar-refractivity contribution >= 4 is 11.0 Å². The number of hydrogen-bond donors (Lipinski definition) is 0. The van der Waals surface area contributed by atoms with Gasteiger partial charge in [-0.15, -0.1) is 0 Å². The number of fused-ring (bicyclic) bond motifs is 1. The van der Waals surface area contributed by atoms with Crippen LogP contribution >= 0.6 is 0 Å². The number of rotatable bonds is 4. The summed E-state index contributed by atoms with van der Waals surface area (Å²) < 4.78 is 21.1. The van der Waals surface area contributed by atoms with E-state index in [-0.39, 0.29) is 0 Å². The van der Waals surface area contributed by atoms with Crippen LogP contribution < -0.4 is 19.8 Å². The molecule has 0 saturated heterocycles. The molecule has 0 atom stereocenters. The molecule has 3 aromatic rings. The van der Waals surface area contributed by atoms with Crippen LogP contribution in [-0.4, -0.2) is 21.3 Å². The first-order valence-electron chi connectivity index (χ1n) is 7.00. The molecule has 0 aliphatic heterocycles. The molecular formula is C18H16O5. The molecule has 3 rings (SSSR count). The van der Waals surface area contributed by atoms with Crippen molar-refractivity contribution in [3.05, 3.63) is 52.9 Å². The van der Waals surface area contributed by atoms with Crippen LogP contribution in [0.5, 0.6) is 17.2 Å².